The summed E-state index contributed by atoms with van der Waals surface area (Å²) in [6.45, 7) is 0.737. The summed E-state index contributed by atoms with van der Waals surface area (Å²) in [7, 11) is 0. The summed E-state index contributed by atoms with van der Waals surface area (Å²) in [4.78, 5) is 101. The molecule has 1 aromatic carbocycles. The van der Waals surface area contributed by atoms with Crippen LogP contribution in [0.25, 0.3) is 0 Å². The molecule has 0 bridgehead atoms. The van der Waals surface area contributed by atoms with Gasteiger partial charge in [0.2, 0.25) is 29.5 Å². The van der Waals surface area contributed by atoms with E-state index in [0.29, 0.717) is 23.9 Å². The second-order valence-electron chi connectivity index (χ2n) is 13.4. The fourth-order valence-corrected chi connectivity index (χ4v) is 8.13. The van der Waals surface area contributed by atoms with E-state index < -0.39 is 23.6 Å². The van der Waals surface area contributed by atoms with Gasteiger partial charge >= 0.3 is 6.03 Å². The number of anilines is 1. The number of hydrogen-bond acceptors (Lipinski definition) is 10. The van der Waals surface area contributed by atoms with E-state index in [-0.39, 0.29) is 99.7 Å². The molecule has 0 saturated carbocycles. The molecule has 4 aliphatic rings. The zero-order chi connectivity index (χ0) is 39.3. The normalized spacial score (nSPS) is 20.0. The van der Waals surface area contributed by atoms with Crippen LogP contribution in [0.1, 0.15) is 37.7 Å². The minimum Gasteiger partial charge on any atom is -0.353 e. The summed E-state index contributed by atoms with van der Waals surface area (Å²) < 4.78 is 0. The summed E-state index contributed by atoms with van der Waals surface area (Å²) in [5, 5.41) is 20.3. The Bertz CT molecular complexity index is 1670. The number of carbonyl (C=O) groups is 8. The number of carbonyl (C=O) groups excluding carboxylic acids is 8. The zero-order valence-corrected chi connectivity index (χ0v) is 31.9. The van der Waals surface area contributed by atoms with Crippen molar-refractivity contribution >= 4 is 82.2 Å². The largest absolute Gasteiger partial charge is 0.353 e. The quantitative estimate of drug-likeness (QED) is 0.0415. The Balaban J connectivity index is 0.872. The summed E-state index contributed by atoms with van der Waals surface area (Å²) in [5.74, 6) is -1.59. The van der Waals surface area contributed by atoms with Crippen LogP contribution in [0.3, 0.4) is 0 Å². The van der Waals surface area contributed by atoms with E-state index in [4.69, 9.17) is 12.2 Å². The van der Waals surface area contributed by atoms with Gasteiger partial charge in [-0.1, -0.05) is 18.6 Å². The van der Waals surface area contributed by atoms with Crippen molar-refractivity contribution in [1.29, 1.82) is 0 Å². The highest BCUT2D eigenvalue weighted by molar-refractivity contribution is 8.00. The summed E-state index contributed by atoms with van der Waals surface area (Å²) >= 11 is 7.16. The van der Waals surface area contributed by atoms with Gasteiger partial charge in [-0.3, -0.25) is 38.5 Å². The second-order valence-corrected chi connectivity index (χ2v) is 15.1. The summed E-state index contributed by atoms with van der Waals surface area (Å²) in [6, 6.07) is 7.63. The van der Waals surface area contributed by atoms with Gasteiger partial charge in [0, 0.05) is 81.0 Å². The molecule has 0 aliphatic carbocycles. The number of nitrogens with one attached hydrogen (secondary N) is 7. The lowest BCUT2D eigenvalue weighted by molar-refractivity contribution is -0.140. The molecule has 0 aromatic heterocycles. The van der Waals surface area contributed by atoms with Crippen LogP contribution >= 0.6 is 24.0 Å². The van der Waals surface area contributed by atoms with Crippen molar-refractivity contribution in [3.05, 3.63) is 42.0 Å². The molecule has 0 spiro atoms. The van der Waals surface area contributed by atoms with E-state index >= 15 is 0 Å². The van der Waals surface area contributed by atoms with E-state index in [0.717, 1.165) is 47.6 Å². The number of fused-ring (bicyclic) bond motifs is 1. The highest BCUT2D eigenvalue weighted by Gasteiger charge is 2.42. The molecule has 4 heterocycles. The molecule has 55 heavy (non-hydrogen) atoms. The summed E-state index contributed by atoms with van der Waals surface area (Å²) in [6.07, 6.45) is 5.26. The van der Waals surface area contributed by atoms with Crippen LogP contribution in [0.15, 0.2) is 36.4 Å². The second kappa shape index (κ2) is 19.9. The van der Waals surface area contributed by atoms with Gasteiger partial charge in [0.25, 0.3) is 11.8 Å². The molecule has 3 atom stereocenters. The molecule has 296 valence electrons. The Morgan fingerprint density at radius 3 is 2.02 bits per heavy atom. The smallest absolute Gasteiger partial charge is 0.315 e. The monoisotopic (exact) mass is 798 g/mol. The van der Waals surface area contributed by atoms with Crippen molar-refractivity contribution in [3.8, 4) is 0 Å². The van der Waals surface area contributed by atoms with Gasteiger partial charge in [0.1, 0.15) is 0 Å². The molecule has 1 aromatic rings. The number of unbranched alkanes of at least 4 members (excludes halogenated alkanes) is 1. The van der Waals surface area contributed by atoms with Crippen LogP contribution in [-0.4, -0.2) is 143 Å². The number of benzene rings is 1. The van der Waals surface area contributed by atoms with Crippen molar-refractivity contribution in [2.45, 2.75) is 56.0 Å². The van der Waals surface area contributed by atoms with Gasteiger partial charge in [0.15, 0.2) is 5.11 Å². The Kier molecular flexibility index (Phi) is 14.8. The maximum absolute atomic E-state index is 12.7. The predicted octanol–water partition coefficient (Wildman–Crippen LogP) is -1.47. The van der Waals surface area contributed by atoms with Crippen molar-refractivity contribution in [2.24, 2.45) is 0 Å². The highest BCUT2D eigenvalue weighted by Crippen LogP contribution is 2.33. The standard InChI is InChI=1S/C35H46N10O8S2/c46-26(4-2-1-3-25-33-24(21-55-25)41-34(53)42-33)36-17-22-5-7-23(8-6-22)40-35(54)39-18-28(48)38-20-32(52)44-15-13-43(14-16-44)31(51)19-37-27(47)11-12-45-29(49)9-10-30(45)50/h5-10,24-25,33H,1-4,11-21H2,(H,36,46)(H,37,47)(H,38,48)(H2,39,40,54)(H2,41,42,53)/t24-,25-,33-/m0/s1. The fraction of sp³-hybridized carbons (Fsp3) is 0.514. The van der Waals surface area contributed by atoms with Gasteiger partial charge in [-0.15, -0.1) is 0 Å². The van der Waals surface area contributed by atoms with Crippen LogP contribution < -0.4 is 37.2 Å². The van der Waals surface area contributed by atoms with Crippen molar-refractivity contribution in [1.82, 2.24) is 46.6 Å². The molecule has 0 radical (unpaired) electrons. The lowest BCUT2D eigenvalue weighted by Crippen LogP contribution is -2.54. The average molecular weight is 799 g/mol. The van der Waals surface area contributed by atoms with E-state index in [1.54, 1.807) is 0 Å². The number of urea groups is 1. The number of nitrogens with zero attached hydrogens (tertiary/aromatic N) is 3. The summed E-state index contributed by atoms with van der Waals surface area (Å²) in [5.41, 5.74) is 1.61. The predicted molar refractivity (Wildman–Crippen MR) is 206 cm³/mol. The molecule has 5 rings (SSSR count). The number of amides is 9. The lowest BCUT2D eigenvalue weighted by atomic mass is 10.0. The first-order valence-corrected chi connectivity index (χ1v) is 19.6. The number of imide groups is 1. The molecule has 7 N–H and O–H groups in total. The maximum Gasteiger partial charge on any atom is 0.315 e. The lowest BCUT2D eigenvalue weighted by Gasteiger charge is -2.34. The number of hydrogen-bond donors (Lipinski definition) is 7. The third-order valence-electron chi connectivity index (χ3n) is 9.51. The van der Waals surface area contributed by atoms with E-state index in [9.17, 15) is 38.4 Å². The first kappa shape index (κ1) is 40.9. The Morgan fingerprint density at radius 1 is 0.745 bits per heavy atom. The average Bonchev–Trinajstić information content (AvgIpc) is 3.85. The Morgan fingerprint density at radius 2 is 1.36 bits per heavy atom. The molecular formula is C35H46N10O8S2. The number of thiocarbonyl (C=S) groups is 1. The molecule has 20 heteroatoms. The van der Waals surface area contributed by atoms with Gasteiger partial charge in [-0.2, -0.15) is 11.8 Å². The molecule has 3 saturated heterocycles. The first-order valence-electron chi connectivity index (χ1n) is 18.2. The molecule has 9 amide bonds. The Hall–Kier alpha value is -5.24. The Labute approximate surface area is 327 Å². The topological polar surface area (TPSA) is 230 Å². The van der Waals surface area contributed by atoms with Crippen LogP contribution in [0.5, 0.6) is 0 Å². The van der Waals surface area contributed by atoms with E-state index in [1.165, 1.54) is 9.80 Å². The SMILES string of the molecule is O=C(CCN1C(=O)C=CC1=O)NCC(=O)N1CCN(C(=O)CNC(=O)CNC(=S)Nc2ccc(CNC(=O)CCCC[C@@H]3SC[C@@H]4NC(=O)N[C@@H]43)cc2)CC1. The fourth-order valence-electron chi connectivity index (χ4n) is 6.40. The molecule has 18 nitrogen and oxygen atoms in total. The van der Waals surface area contributed by atoms with Gasteiger partial charge in [-0.25, -0.2) is 4.79 Å². The molecule has 0 unspecified atom stereocenters. The van der Waals surface area contributed by atoms with Gasteiger partial charge in [0.05, 0.1) is 31.7 Å². The van der Waals surface area contributed by atoms with E-state index in [1.807, 2.05) is 36.0 Å². The van der Waals surface area contributed by atoms with Crippen molar-refractivity contribution in [3.63, 3.8) is 0 Å². The van der Waals surface area contributed by atoms with Gasteiger partial charge in [-0.05, 0) is 42.8 Å². The van der Waals surface area contributed by atoms with Crippen LogP contribution in [0, 0.1) is 0 Å². The number of piperazine rings is 1. The third kappa shape index (κ3) is 12.4. The van der Waals surface area contributed by atoms with Crippen LogP contribution in [0.4, 0.5) is 10.5 Å². The van der Waals surface area contributed by atoms with E-state index in [2.05, 4.69) is 37.2 Å². The van der Waals surface area contributed by atoms with Crippen LogP contribution in [0.2, 0.25) is 0 Å². The van der Waals surface area contributed by atoms with Crippen molar-refractivity contribution in [2.75, 3.05) is 63.4 Å². The molecular weight excluding hydrogens is 753 g/mol. The number of rotatable bonds is 17. The minimum atomic E-state index is -0.481. The third-order valence-corrected chi connectivity index (χ3v) is 11.3. The minimum absolute atomic E-state index is 0.0141. The zero-order valence-electron chi connectivity index (χ0n) is 30.2. The maximum atomic E-state index is 12.7. The van der Waals surface area contributed by atoms with Crippen molar-refractivity contribution < 1.29 is 38.4 Å². The molecule has 4 aliphatic heterocycles. The van der Waals surface area contributed by atoms with Gasteiger partial charge < -0.3 is 47.0 Å². The first-order chi connectivity index (χ1) is 26.4. The molecule has 3 fully saturated rings. The highest BCUT2D eigenvalue weighted by atomic mass is 32.2. The number of thioether (sulfide) groups is 1. The van der Waals surface area contributed by atoms with Crippen LogP contribution in [-0.2, 0) is 40.1 Å².